The number of rotatable bonds is 6. The van der Waals surface area contributed by atoms with Gasteiger partial charge in [0.05, 0.1) is 16.2 Å². The Bertz CT molecular complexity index is 768. The molecule has 0 radical (unpaired) electrons. The number of aromatic hydroxyl groups is 1. The van der Waals surface area contributed by atoms with Gasteiger partial charge in [0.2, 0.25) is 0 Å². The van der Waals surface area contributed by atoms with Crippen LogP contribution in [-0.2, 0) is 0 Å². The van der Waals surface area contributed by atoms with Crippen LogP contribution in [0.1, 0.15) is 25.0 Å². The lowest BCUT2D eigenvalue weighted by Gasteiger charge is -2.21. The summed E-state index contributed by atoms with van der Waals surface area (Å²) in [5.74, 6) is 0.131. The second-order valence-electron chi connectivity index (χ2n) is 5.35. The predicted octanol–water partition coefficient (Wildman–Crippen LogP) is 4.21. The average Bonchev–Trinajstić information content (AvgIpc) is 2.56. The van der Waals surface area contributed by atoms with Gasteiger partial charge in [0.15, 0.2) is 0 Å². The summed E-state index contributed by atoms with van der Waals surface area (Å²) in [4.78, 5) is 17.0. The normalized spacial score (nSPS) is 11.0. The average molecular weight is 327 g/mol. The highest BCUT2D eigenvalue weighted by Crippen LogP contribution is 2.28. The lowest BCUT2D eigenvalue weighted by atomic mass is 10.1. The van der Waals surface area contributed by atoms with Gasteiger partial charge < -0.3 is 10.0 Å². The number of hydrogen-bond donors (Lipinski definition) is 1. The molecule has 0 saturated carbocycles. The first-order chi connectivity index (χ1) is 11.5. The molecule has 0 aromatic heterocycles. The van der Waals surface area contributed by atoms with E-state index in [1.165, 1.54) is 12.3 Å². The lowest BCUT2D eigenvalue weighted by molar-refractivity contribution is -0.385. The van der Waals surface area contributed by atoms with Crippen molar-refractivity contribution in [2.45, 2.75) is 20.8 Å². The maximum atomic E-state index is 11.0. The summed E-state index contributed by atoms with van der Waals surface area (Å²) in [6.45, 7) is 7.49. The fraction of sp³-hybridized carbons (Fsp3) is 0.278. The van der Waals surface area contributed by atoms with Crippen molar-refractivity contribution < 1.29 is 10.0 Å². The van der Waals surface area contributed by atoms with Crippen LogP contribution in [-0.4, -0.2) is 29.3 Å². The minimum Gasteiger partial charge on any atom is -0.507 e. The monoisotopic (exact) mass is 327 g/mol. The Hall–Kier alpha value is -2.89. The molecule has 0 fully saturated rings. The number of phenolic OH excluding ortho intramolecular Hbond substituents is 1. The molecule has 0 atom stereocenters. The third-order valence-corrected chi connectivity index (χ3v) is 3.96. The molecular weight excluding hydrogens is 306 g/mol. The standard InChI is InChI=1S/C18H21N3O3/c1-4-20(5-2)15-10-9-14(18(22)11-15)12-19-16-7-6-8-17(13(16)3)21(23)24/h6-12,22H,4-5H2,1-3H3. The van der Waals surface area contributed by atoms with Gasteiger partial charge in [-0.2, -0.15) is 0 Å². The third kappa shape index (κ3) is 3.71. The molecule has 0 aliphatic heterocycles. The minimum absolute atomic E-state index is 0.0331. The maximum absolute atomic E-state index is 11.0. The summed E-state index contributed by atoms with van der Waals surface area (Å²) in [7, 11) is 0. The first-order valence-corrected chi connectivity index (χ1v) is 7.84. The van der Waals surface area contributed by atoms with Crippen LogP contribution < -0.4 is 4.90 Å². The van der Waals surface area contributed by atoms with Gasteiger partial charge in [-0.25, -0.2) is 0 Å². The molecule has 6 nitrogen and oxygen atoms in total. The lowest BCUT2D eigenvalue weighted by Crippen LogP contribution is -2.21. The second-order valence-corrected chi connectivity index (χ2v) is 5.35. The fourth-order valence-electron chi connectivity index (χ4n) is 2.52. The number of anilines is 1. The summed E-state index contributed by atoms with van der Waals surface area (Å²) >= 11 is 0. The van der Waals surface area contributed by atoms with Crippen LogP contribution in [0.5, 0.6) is 5.75 Å². The van der Waals surface area contributed by atoms with E-state index in [0.717, 1.165) is 18.8 Å². The quantitative estimate of drug-likeness (QED) is 0.490. The Morgan fingerprint density at radius 2 is 1.96 bits per heavy atom. The van der Waals surface area contributed by atoms with E-state index in [-0.39, 0.29) is 11.4 Å². The second kappa shape index (κ2) is 7.59. The number of phenols is 1. The Labute approximate surface area is 141 Å². The minimum atomic E-state index is -0.426. The maximum Gasteiger partial charge on any atom is 0.274 e. The molecule has 24 heavy (non-hydrogen) atoms. The van der Waals surface area contributed by atoms with E-state index in [4.69, 9.17) is 0 Å². The molecule has 2 aromatic rings. The fourth-order valence-corrected chi connectivity index (χ4v) is 2.52. The first-order valence-electron chi connectivity index (χ1n) is 7.84. The van der Waals surface area contributed by atoms with Crippen molar-refractivity contribution in [3.05, 3.63) is 57.6 Å². The van der Waals surface area contributed by atoms with E-state index in [1.807, 2.05) is 6.07 Å². The zero-order valence-electron chi connectivity index (χ0n) is 14.1. The topological polar surface area (TPSA) is 79.0 Å². The summed E-state index contributed by atoms with van der Waals surface area (Å²) in [5, 5.41) is 21.2. The SMILES string of the molecule is CCN(CC)c1ccc(C=Nc2cccc([N+](=O)[O-])c2C)c(O)c1. The van der Waals surface area contributed by atoms with Gasteiger partial charge in [-0.05, 0) is 39.0 Å². The van der Waals surface area contributed by atoms with E-state index in [2.05, 4.69) is 23.7 Å². The van der Waals surface area contributed by atoms with E-state index in [9.17, 15) is 15.2 Å². The Kier molecular flexibility index (Phi) is 5.52. The molecule has 1 N–H and O–H groups in total. The zero-order valence-corrected chi connectivity index (χ0v) is 14.1. The number of nitro groups is 1. The van der Waals surface area contributed by atoms with Crippen molar-refractivity contribution in [2.75, 3.05) is 18.0 Å². The van der Waals surface area contributed by atoms with Gasteiger partial charge in [-0.3, -0.25) is 15.1 Å². The van der Waals surface area contributed by atoms with Crippen LogP contribution in [0.3, 0.4) is 0 Å². The van der Waals surface area contributed by atoms with Crippen LogP contribution in [0.15, 0.2) is 41.4 Å². The zero-order chi connectivity index (χ0) is 17.7. The van der Waals surface area contributed by atoms with Crippen molar-refractivity contribution in [1.82, 2.24) is 0 Å². The van der Waals surface area contributed by atoms with Crippen LogP contribution in [0, 0.1) is 17.0 Å². The molecule has 2 aromatic carbocycles. The molecule has 2 rings (SSSR count). The number of benzene rings is 2. The summed E-state index contributed by atoms with van der Waals surface area (Å²) in [6.07, 6.45) is 1.52. The van der Waals surface area contributed by atoms with E-state index < -0.39 is 4.92 Å². The third-order valence-electron chi connectivity index (χ3n) is 3.96. The Balaban J connectivity index is 2.30. The highest BCUT2D eigenvalue weighted by Gasteiger charge is 2.12. The van der Waals surface area contributed by atoms with Gasteiger partial charge in [0.1, 0.15) is 5.75 Å². The Morgan fingerprint density at radius 3 is 2.54 bits per heavy atom. The van der Waals surface area contributed by atoms with Gasteiger partial charge in [-0.1, -0.05) is 6.07 Å². The highest BCUT2D eigenvalue weighted by atomic mass is 16.6. The van der Waals surface area contributed by atoms with Crippen molar-refractivity contribution in [2.24, 2.45) is 4.99 Å². The molecular formula is C18H21N3O3. The van der Waals surface area contributed by atoms with Crippen LogP contribution in [0.4, 0.5) is 17.1 Å². The van der Waals surface area contributed by atoms with Crippen molar-refractivity contribution in [1.29, 1.82) is 0 Å². The molecule has 0 amide bonds. The highest BCUT2D eigenvalue weighted by molar-refractivity contribution is 5.86. The molecule has 0 bridgehead atoms. The van der Waals surface area contributed by atoms with E-state index >= 15 is 0 Å². The molecule has 6 heteroatoms. The molecule has 0 heterocycles. The summed E-state index contributed by atoms with van der Waals surface area (Å²) < 4.78 is 0. The van der Waals surface area contributed by atoms with Crippen LogP contribution in [0.2, 0.25) is 0 Å². The molecule has 0 spiro atoms. The van der Waals surface area contributed by atoms with E-state index in [0.29, 0.717) is 16.8 Å². The molecule has 0 saturated heterocycles. The van der Waals surface area contributed by atoms with Crippen molar-refractivity contribution in [3.63, 3.8) is 0 Å². The predicted molar refractivity (Wildman–Crippen MR) is 96.8 cm³/mol. The molecule has 0 unspecified atom stereocenters. The molecule has 126 valence electrons. The number of nitro benzene ring substituents is 1. The number of hydrogen-bond acceptors (Lipinski definition) is 5. The first kappa shape index (κ1) is 17.5. The summed E-state index contributed by atoms with van der Waals surface area (Å²) in [6, 6.07) is 10.2. The Morgan fingerprint density at radius 1 is 1.25 bits per heavy atom. The van der Waals surface area contributed by atoms with Gasteiger partial charge >= 0.3 is 0 Å². The largest absolute Gasteiger partial charge is 0.507 e. The van der Waals surface area contributed by atoms with Crippen molar-refractivity contribution >= 4 is 23.3 Å². The van der Waals surface area contributed by atoms with Crippen LogP contribution in [0.25, 0.3) is 0 Å². The van der Waals surface area contributed by atoms with E-state index in [1.54, 1.807) is 31.2 Å². The van der Waals surface area contributed by atoms with Crippen molar-refractivity contribution in [3.8, 4) is 5.75 Å². The van der Waals surface area contributed by atoms with Gasteiger partial charge in [-0.15, -0.1) is 0 Å². The van der Waals surface area contributed by atoms with Gasteiger partial charge in [0, 0.05) is 42.7 Å². The number of aliphatic imine (C=N–C) groups is 1. The summed E-state index contributed by atoms with van der Waals surface area (Å²) in [5.41, 5.74) is 2.55. The van der Waals surface area contributed by atoms with Gasteiger partial charge in [0.25, 0.3) is 5.69 Å². The molecule has 0 aliphatic rings. The molecule has 0 aliphatic carbocycles. The van der Waals surface area contributed by atoms with Crippen LogP contribution >= 0.6 is 0 Å². The number of nitrogens with zero attached hydrogens (tertiary/aromatic N) is 3. The smallest absolute Gasteiger partial charge is 0.274 e.